The Morgan fingerprint density at radius 3 is 2.95 bits per heavy atom. The van der Waals surface area contributed by atoms with Gasteiger partial charge in [0.1, 0.15) is 0 Å². The Morgan fingerprint density at radius 2 is 2.21 bits per heavy atom. The molecule has 98 valence electrons. The highest BCUT2D eigenvalue weighted by atomic mass is 32.1. The van der Waals surface area contributed by atoms with Gasteiger partial charge in [0, 0.05) is 19.4 Å². The molecule has 0 spiro atoms. The second kappa shape index (κ2) is 4.31. The van der Waals surface area contributed by atoms with Gasteiger partial charge in [0.25, 0.3) is 0 Å². The van der Waals surface area contributed by atoms with E-state index < -0.39 is 0 Å². The third-order valence-electron chi connectivity index (χ3n) is 3.12. The molecular weight excluding hydrogens is 258 g/mol. The van der Waals surface area contributed by atoms with E-state index in [1.807, 2.05) is 35.6 Å². The van der Waals surface area contributed by atoms with Crippen LogP contribution in [0.3, 0.4) is 0 Å². The number of hydrogen-bond donors (Lipinski definition) is 1. The molecule has 0 atom stereocenters. The van der Waals surface area contributed by atoms with E-state index in [0.717, 1.165) is 34.5 Å². The number of imidazole rings is 1. The first kappa shape index (κ1) is 12.1. The van der Waals surface area contributed by atoms with Crippen molar-refractivity contribution in [3.8, 4) is 5.69 Å². The fourth-order valence-electron chi connectivity index (χ4n) is 2.28. The summed E-state index contributed by atoms with van der Waals surface area (Å²) in [6, 6.07) is 2.05. The summed E-state index contributed by atoms with van der Waals surface area (Å²) in [7, 11) is 1.92. The molecule has 0 aliphatic rings. The Bertz CT molecular complexity index is 808. The van der Waals surface area contributed by atoms with Crippen LogP contribution in [0.1, 0.15) is 18.2 Å². The molecule has 0 saturated heterocycles. The maximum Gasteiger partial charge on any atom is 0.184 e. The second-order valence-corrected chi connectivity index (χ2v) is 5.02. The molecule has 0 aromatic carbocycles. The molecule has 0 aliphatic carbocycles. The second-order valence-electron chi connectivity index (χ2n) is 4.64. The smallest absolute Gasteiger partial charge is 0.184 e. The number of H-pyrrole nitrogens is 1. The normalized spacial score (nSPS) is 11.3. The Morgan fingerprint density at radius 1 is 1.42 bits per heavy atom. The maximum atomic E-state index is 5.43. The van der Waals surface area contributed by atoms with Gasteiger partial charge in [0.15, 0.2) is 10.4 Å². The summed E-state index contributed by atoms with van der Waals surface area (Å²) in [5.41, 5.74) is 4.92. The van der Waals surface area contributed by atoms with E-state index in [1.165, 1.54) is 0 Å². The molecule has 3 aromatic heterocycles. The topological polar surface area (TPSA) is 51.4 Å². The maximum absolute atomic E-state index is 5.43. The van der Waals surface area contributed by atoms with Crippen LogP contribution in [0.4, 0.5) is 0 Å². The number of nitrogens with one attached hydrogen (secondary N) is 1. The number of fused-ring (bicyclic) bond motifs is 1. The number of pyridine rings is 1. The molecule has 1 N–H and O–H groups in total. The monoisotopic (exact) mass is 273 g/mol. The molecule has 0 unspecified atom stereocenters. The van der Waals surface area contributed by atoms with Crippen molar-refractivity contribution in [1.29, 1.82) is 0 Å². The van der Waals surface area contributed by atoms with Crippen LogP contribution in [0.2, 0.25) is 0 Å². The van der Waals surface area contributed by atoms with E-state index in [4.69, 9.17) is 12.2 Å². The molecule has 0 saturated carbocycles. The van der Waals surface area contributed by atoms with E-state index in [2.05, 4.69) is 28.1 Å². The van der Waals surface area contributed by atoms with Crippen molar-refractivity contribution in [1.82, 2.24) is 24.3 Å². The molecule has 3 heterocycles. The molecule has 19 heavy (non-hydrogen) atoms. The van der Waals surface area contributed by atoms with Gasteiger partial charge in [-0.2, -0.15) is 5.10 Å². The Kier molecular flexibility index (Phi) is 2.74. The van der Waals surface area contributed by atoms with Crippen molar-refractivity contribution >= 4 is 23.4 Å². The van der Waals surface area contributed by atoms with Gasteiger partial charge in [-0.05, 0) is 37.2 Å². The van der Waals surface area contributed by atoms with Crippen molar-refractivity contribution in [2.45, 2.75) is 20.3 Å². The molecule has 3 aromatic rings. The summed E-state index contributed by atoms with van der Waals surface area (Å²) >= 11 is 5.43. The molecule has 0 bridgehead atoms. The first-order valence-corrected chi connectivity index (χ1v) is 6.61. The van der Waals surface area contributed by atoms with Crippen LogP contribution in [-0.2, 0) is 13.5 Å². The lowest BCUT2D eigenvalue weighted by molar-refractivity contribution is 0.746. The predicted molar refractivity (Wildman–Crippen MR) is 77.1 cm³/mol. The van der Waals surface area contributed by atoms with E-state index in [9.17, 15) is 0 Å². The average molecular weight is 273 g/mol. The highest BCUT2D eigenvalue weighted by Crippen LogP contribution is 2.21. The third-order valence-corrected chi connectivity index (χ3v) is 3.40. The summed E-state index contributed by atoms with van der Waals surface area (Å²) < 4.78 is 4.41. The number of aryl methyl sites for hydroxylation is 3. The molecule has 0 aliphatic heterocycles. The van der Waals surface area contributed by atoms with Gasteiger partial charge in [0.05, 0.1) is 16.9 Å². The zero-order valence-electron chi connectivity index (χ0n) is 11.1. The van der Waals surface area contributed by atoms with Crippen LogP contribution in [0.15, 0.2) is 18.5 Å². The summed E-state index contributed by atoms with van der Waals surface area (Å²) in [5.74, 6) is 0. The van der Waals surface area contributed by atoms with Crippen molar-refractivity contribution in [2.75, 3.05) is 0 Å². The highest BCUT2D eigenvalue weighted by molar-refractivity contribution is 7.71. The summed E-state index contributed by atoms with van der Waals surface area (Å²) in [6.07, 6.45) is 4.68. The van der Waals surface area contributed by atoms with Gasteiger partial charge in [-0.3, -0.25) is 9.25 Å². The van der Waals surface area contributed by atoms with E-state index in [0.29, 0.717) is 4.77 Å². The molecule has 3 rings (SSSR count). The molecule has 0 fully saturated rings. The van der Waals surface area contributed by atoms with Crippen LogP contribution in [0, 0.1) is 11.7 Å². The molecule has 0 amide bonds. The summed E-state index contributed by atoms with van der Waals surface area (Å²) in [4.78, 5) is 7.70. The minimum Gasteiger partial charge on any atom is -0.329 e. The van der Waals surface area contributed by atoms with Gasteiger partial charge < -0.3 is 4.98 Å². The van der Waals surface area contributed by atoms with Gasteiger partial charge in [-0.1, -0.05) is 6.92 Å². The predicted octanol–water partition coefficient (Wildman–Crippen LogP) is 2.69. The standard InChI is InChI=1S/C13H15N5S/c1-4-9-11(7-17(3)16-9)18-12-10(15-13(18)19)5-8(2)6-14-12/h5-7H,4H2,1-3H3,(H,15,19). The highest BCUT2D eigenvalue weighted by Gasteiger charge is 2.13. The number of hydrogen-bond acceptors (Lipinski definition) is 3. The Balaban J connectivity index is 2.36. The lowest BCUT2D eigenvalue weighted by Crippen LogP contribution is -1.98. The van der Waals surface area contributed by atoms with Crippen molar-refractivity contribution in [2.24, 2.45) is 7.05 Å². The first-order valence-electron chi connectivity index (χ1n) is 6.20. The number of nitrogens with zero attached hydrogens (tertiary/aromatic N) is 4. The van der Waals surface area contributed by atoms with Crippen molar-refractivity contribution in [3.05, 3.63) is 34.5 Å². The van der Waals surface area contributed by atoms with Gasteiger partial charge in [-0.15, -0.1) is 0 Å². The molecule has 6 heteroatoms. The average Bonchev–Trinajstić information content (AvgIpc) is 2.87. The molecular formula is C13H15N5S. The molecule has 0 radical (unpaired) electrons. The fourth-order valence-corrected chi connectivity index (χ4v) is 2.58. The van der Waals surface area contributed by atoms with Crippen molar-refractivity contribution < 1.29 is 0 Å². The quantitative estimate of drug-likeness (QED) is 0.730. The minimum absolute atomic E-state index is 0.649. The number of rotatable bonds is 2. The zero-order valence-corrected chi connectivity index (χ0v) is 12.0. The SMILES string of the molecule is CCc1nn(C)cc1-n1c(=S)[nH]c2cc(C)cnc21. The number of aromatic amines is 1. The van der Waals surface area contributed by atoms with Crippen LogP contribution >= 0.6 is 12.2 Å². The summed E-state index contributed by atoms with van der Waals surface area (Å²) in [5, 5.41) is 4.46. The van der Waals surface area contributed by atoms with Crippen LogP contribution in [0.5, 0.6) is 0 Å². The number of aromatic nitrogens is 5. The first-order chi connectivity index (χ1) is 9.10. The largest absolute Gasteiger partial charge is 0.329 e. The fraction of sp³-hybridized carbons (Fsp3) is 0.308. The van der Waals surface area contributed by atoms with Gasteiger partial charge in [0.2, 0.25) is 0 Å². The third kappa shape index (κ3) is 1.88. The van der Waals surface area contributed by atoms with Gasteiger partial charge in [-0.25, -0.2) is 4.98 Å². The van der Waals surface area contributed by atoms with E-state index >= 15 is 0 Å². The Labute approximate surface area is 115 Å². The summed E-state index contributed by atoms with van der Waals surface area (Å²) in [6.45, 7) is 4.10. The Hall–Kier alpha value is -1.95. The lowest BCUT2D eigenvalue weighted by Gasteiger charge is -2.02. The van der Waals surface area contributed by atoms with Crippen LogP contribution < -0.4 is 0 Å². The van der Waals surface area contributed by atoms with Crippen LogP contribution in [0.25, 0.3) is 16.9 Å². The minimum atomic E-state index is 0.649. The molecule has 5 nitrogen and oxygen atoms in total. The van der Waals surface area contributed by atoms with Gasteiger partial charge >= 0.3 is 0 Å². The lowest BCUT2D eigenvalue weighted by atomic mass is 10.3. The van der Waals surface area contributed by atoms with Crippen molar-refractivity contribution in [3.63, 3.8) is 0 Å². The van der Waals surface area contributed by atoms with Crippen LogP contribution in [-0.4, -0.2) is 24.3 Å². The van der Waals surface area contributed by atoms with E-state index in [-0.39, 0.29) is 0 Å². The van der Waals surface area contributed by atoms with E-state index in [1.54, 1.807) is 0 Å². The zero-order chi connectivity index (χ0) is 13.6.